The molecule has 12 heterocycles. The summed E-state index contributed by atoms with van der Waals surface area (Å²) in [6.07, 6.45) is 20.1. The number of para-hydroxylation sites is 3. The van der Waals surface area contributed by atoms with Crippen molar-refractivity contribution in [3.63, 3.8) is 0 Å². The van der Waals surface area contributed by atoms with Gasteiger partial charge >= 0.3 is 0 Å². The summed E-state index contributed by atoms with van der Waals surface area (Å²) < 4.78 is 11.0. The molecule has 30 heteroatoms. The molecular weight excluding hydrogens is 1430 g/mol. The van der Waals surface area contributed by atoms with Gasteiger partial charge in [0.15, 0.2) is 32.8 Å². The number of imidazole rings is 3. The Hall–Kier alpha value is -14.9. The number of amides is 3. The van der Waals surface area contributed by atoms with Crippen LogP contribution in [0.5, 0.6) is 0 Å². The number of thiazole rings is 3. The molecule has 0 aliphatic rings. The Bertz CT molecular complexity index is 6290. The molecule has 0 bridgehead atoms. The lowest BCUT2D eigenvalue weighted by Gasteiger charge is -2.07. The zero-order chi connectivity index (χ0) is 74.3. The SMILES string of the molecule is Cc1nc(Nc2cccc(C(=O)Nc3nn(-c4ccccc4)cc3N)c2)sc1-c1cnc2ccccn12.Nc1cn(-c2ccccc2)nc1NC(=O)c1ccc(Nc2ncc(-c3cnc4ccccn34)s2)cc1.Nc1cn(-c2ccccc2)nc1NC(=O)c1cccc(Nc2ncc(-c3cnc4ccccn34)s2)c1. The first-order valence-corrected chi connectivity index (χ1v) is 36.2. The number of carbonyl (C=O) groups excluding carboxylic acids is 3. The molecule has 0 saturated heterocycles. The molecular formula is C79H62N24O3S3. The van der Waals surface area contributed by atoms with Crippen molar-refractivity contribution in [2.45, 2.75) is 6.92 Å². The van der Waals surface area contributed by atoms with Crippen LogP contribution in [-0.2, 0) is 0 Å². The molecule has 0 spiro atoms. The van der Waals surface area contributed by atoms with Crippen LogP contribution in [0.15, 0.2) is 287 Å². The van der Waals surface area contributed by atoms with E-state index in [1.807, 2.05) is 252 Å². The van der Waals surface area contributed by atoms with Crippen molar-refractivity contribution in [3.05, 3.63) is 309 Å². The van der Waals surface area contributed by atoms with E-state index < -0.39 is 0 Å². The van der Waals surface area contributed by atoms with E-state index in [1.165, 1.54) is 34.0 Å². The zero-order valence-electron chi connectivity index (χ0n) is 57.5. The fraction of sp³-hybridized carbons (Fsp3) is 0.0127. The van der Waals surface area contributed by atoms with Crippen molar-refractivity contribution in [1.82, 2.24) is 72.4 Å². The van der Waals surface area contributed by atoms with Gasteiger partial charge in [-0.15, -0.1) is 15.3 Å². The van der Waals surface area contributed by atoms with Gasteiger partial charge in [-0.1, -0.05) is 119 Å². The molecule has 0 unspecified atom stereocenters. The van der Waals surface area contributed by atoms with E-state index in [9.17, 15) is 14.4 Å². The number of aromatic nitrogens is 15. The Kier molecular flexibility index (Phi) is 19.1. The molecule has 0 aliphatic carbocycles. The minimum absolute atomic E-state index is 0.296. The van der Waals surface area contributed by atoms with Gasteiger partial charge in [0.2, 0.25) is 0 Å². The van der Waals surface area contributed by atoms with Gasteiger partial charge in [0.1, 0.15) is 16.9 Å². The summed E-state index contributed by atoms with van der Waals surface area (Å²) in [5.41, 5.74) is 32.2. The van der Waals surface area contributed by atoms with Crippen LogP contribution in [0.1, 0.15) is 36.8 Å². The first-order chi connectivity index (χ1) is 53.3. The van der Waals surface area contributed by atoms with Crippen molar-refractivity contribution in [2.24, 2.45) is 0 Å². The van der Waals surface area contributed by atoms with Crippen LogP contribution in [-0.4, -0.2) is 90.2 Å². The van der Waals surface area contributed by atoms with E-state index in [-0.39, 0.29) is 17.7 Å². The molecule has 18 aromatic rings. The average molecular weight is 1490 g/mol. The fourth-order valence-electron chi connectivity index (χ4n) is 11.6. The van der Waals surface area contributed by atoms with Gasteiger partial charge in [0.25, 0.3) is 17.7 Å². The second-order valence-corrected chi connectivity index (χ2v) is 27.4. The summed E-state index contributed by atoms with van der Waals surface area (Å²) in [5, 5.41) is 33.7. The van der Waals surface area contributed by atoms with Crippen LogP contribution >= 0.6 is 34.0 Å². The van der Waals surface area contributed by atoms with Crippen molar-refractivity contribution < 1.29 is 14.4 Å². The lowest BCUT2D eigenvalue weighted by Crippen LogP contribution is -2.13. The number of nitrogens with two attached hydrogens (primary N) is 3. The molecule has 0 atom stereocenters. The highest BCUT2D eigenvalue weighted by Gasteiger charge is 2.20. The number of fused-ring (bicyclic) bond motifs is 3. The Labute approximate surface area is 632 Å². The second kappa shape index (κ2) is 30.4. The highest BCUT2D eigenvalue weighted by atomic mass is 32.1. The van der Waals surface area contributed by atoms with E-state index >= 15 is 0 Å². The van der Waals surface area contributed by atoms with Crippen molar-refractivity contribution in [3.8, 4) is 48.8 Å². The molecule has 534 valence electrons. The quantitative estimate of drug-likeness (QED) is 0.0385. The summed E-state index contributed by atoms with van der Waals surface area (Å²) in [5.74, 6) is 0.00865. The minimum atomic E-state index is -0.311. The van der Waals surface area contributed by atoms with Gasteiger partial charge in [-0.3, -0.25) is 27.6 Å². The van der Waals surface area contributed by atoms with Crippen LogP contribution in [0, 0.1) is 6.92 Å². The molecule has 0 aliphatic heterocycles. The number of hydrogen-bond donors (Lipinski definition) is 9. The van der Waals surface area contributed by atoms with Crippen LogP contribution < -0.4 is 49.1 Å². The predicted octanol–water partition coefficient (Wildman–Crippen LogP) is 16.0. The number of aryl methyl sites for hydroxylation is 1. The molecule has 27 nitrogen and oxygen atoms in total. The van der Waals surface area contributed by atoms with Crippen LogP contribution in [0.25, 0.3) is 65.7 Å². The Morgan fingerprint density at radius 2 is 0.734 bits per heavy atom. The number of nitrogens with one attached hydrogen (secondary N) is 6. The number of rotatable bonds is 18. The minimum Gasteiger partial charge on any atom is -0.394 e. The largest absolute Gasteiger partial charge is 0.394 e. The summed E-state index contributed by atoms with van der Waals surface area (Å²) in [6, 6.07) is 67.9. The third-order valence-corrected chi connectivity index (χ3v) is 19.9. The highest BCUT2D eigenvalue weighted by Crippen LogP contribution is 2.37. The molecule has 12 N–H and O–H groups in total. The van der Waals surface area contributed by atoms with Crippen molar-refractivity contribution >= 4 is 136 Å². The topological polar surface area (TPSA) is 345 Å². The molecule has 3 amide bonds. The molecule has 0 radical (unpaired) electrons. The van der Waals surface area contributed by atoms with Crippen LogP contribution in [0.4, 0.5) is 67.0 Å². The molecule has 109 heavy (non-hydrogen) atoms. The van der Waals surface area contributed by atoms with E-state index in [0.29, 0.717) is 56.3 Å². The maximum absolute atomic E-state index is 13.0. The number of anilines is 12. The predicted molar refractivity (Wildman–Crippen MR) is 431 cm³/mol. The Morgan fingerprint density at radius 1 is 0.358 bits per heavy atom. The standard InChI is InChI=1S/C27H22N8OS.2C26H20N8OS/c1-17-24(22-15-29-23-12-5-6-13-34(22)23)37-27(30-17)31-19-9-7-8-18(14-19)26(36)32-25-21(28)16-35(33-25)20-10-3-2-4-11-20;27-20-16-34(19-9-2-1-3-10-19)32-24(20)31-25(35)17-7-6-8-18(13-17)30-26-29-15-22(36-26)21-14-28-23-11-4-5-12-33(21)23;27-20-16-34(19-6-2-1-3-7-19)32-24(20)31-25(35)17-9-11-18(12-10-17)30-26-29-15-22(36-26)21-14-28-23-8-4-5-13-33(21)23/h2-16H,28H2,1H3,(H,30,31)(H,32,33,36);2*1-16H,27H2,(H,29,30)(H,31,32,35). The molecule has 12 aromatic heterocycles. The fourth-order valence-corrected chi connectivity index (χ4v) is 14.3. The van der Waals surface area contributed by atoms with Crippen LogP contribution in [0.2, 0.25) is 0 Å². The number of carbonyl (C=O) groups is 3. The zero-order valence-corrected chi connectivity index (χ0v) is 60.0. The summed E-state index contributed by atoms with van der Waals surface area (Å²) in [6.45, 7) is 1.97. The number of nitrogens with zero attached hydrogens (tertiary/aromatic N) is 15. The smallest absolute Gasteiger partial charge is 0.256 e. The third kappa shape index (κ3) is 15.3. The van der Waals surface area contributed by atoms with E-state index in [2.05, 4.69) is 72.1 Å². The number of pyridine rings is 3. The van der Waals surface area contributed by atoms with Gasteiger partial charge in [0, 0.05) is 64.7 Å². The second-order valence-electron chi connectivity index (χ2n) is 24.3. The number of hydrogen-bond acceptors (Lipinski definition) is 21. The average Bonchev–Trinajstić information content (AvgIpc) is 1.65. The van der Waals surface area contributed by atoms with E-state index in [4.69, 9.17) is 22.2 Å². The first kappa shape index (κ1) is 68.5. The van der Waals surface area contributed by atoms with Gasteiger partial charge in [0.05, 0.1) is 109 Å². The van der Waals surface area contributed by atoms with E-state index in [0.717, 1.165) is 98.7 Å². The molecule has 0 saturated carbocycles. The van der Waals surface area contributed by atoms with Gasteiger partial charge < -0.3 is 49.1 Å². The number of benzene rings is 6. The number of nitrogen functional groups attached to an aromatic ring is 3. The van der Waals surface area contributed by atoms with Crippen LogP contribution in [0.3, 0.4) is 0 Å². The summed E-state index contributed by atoms with van der Waals surface area (Å²) in [7, 11) is 0. The van der Waals surface area contributed by atoms with E-state index in [1.54, 1.807) is 69.0 Å². The normalized spacial score (nSPS) is 11.0. The maximum Gasteiger partial charge on any atom is 0.256 e. The Balaban J connectivity index is 0.000000124. The lowest BCUT2D eigenvalue weighted by molar-refractivity contribution is 0.101. The Morgan fingerprint density at radius 3 is 1.17 bits per heavy atom. The van der Waals surface area contributed by atoms with Gasteiger partial charge in [-0.2, -0.15) is 0 Å². The monoisotopic (exact) mass is 1490 g/mol. The van der Waals surface area contributed by atoms with Gasteiger partial charge in [-0.25, -0.2) is 43.9 Å². The van der Waals surface area contributed by atoms with Crippen molar-refractivity contribution in [2.75, 3.05) is 49.1 Å². The molecule has 0 fully saturated rings. The van der Waals surface area contributed by atoms with Gasteiger partial charge in [-0.05, 0) is 140 Å². The summed E-state index contributed by atoms with van der Waals surface area (Å²) in [4.78, 5) is 68.7. The maximum atomic E-state index is 13.0. The highest BCUT2D eigenvalue weighted by molar-refractivity contribution is 7.19. The molecule has 18 rings (SSSR count). The lowest BCUT2D eigenvalue weighted by atomic mass is 10.2. The molecule has 6 aromatic carbocycles. The first-order valence-electron chi connectivity index (χ1n) is 33.8. The summed E-state index contributed by atoms with van der Waals surface area (Å²) >= 11 is 4.57. The van der Waals surface area contributed by atoms with Crippen molar-refractivity contribution in [1.29, 1.82) is 0 Å². The third-order valence-electron chi connectivity index (χ3n) is 16.9.